The Morgan fingerprint density at radius 3 is 2.36 bits per heavy atom. The Kier molecular flexibility index (Phi) is 8.94. The number of hydrogen-bond donors (Lipinski definition) is 1. The third-order valence-electron chi connectivity index (χ3n) is 5.62. The number of carbonyl (C=O) groups is 2. The van der Waals surface area contributed by atoms with Gasteiger partial charge in [-0.15, -0.1) is 0 Å². The largest absolute Gasteiger partial charge is 0.444 e. The quantitative estimate of drug-likeness (QED) is 0.313. The second-order valence-electron chi connectivity index (χ2n) is 11.1. The van der Waals surface area contributed by atoms with Gasteiger partial charge in [0.25, 0.3) is 0 Å². The smallest absolute Gasteiger partial charge is 0.407 e. The van der Waals surface area contributed by atoms with E-state index in [9.17, 15) is 9.59 Å². The first-order chi connectivity index (χ1) is 15.1. The molecule has 0 radical (unpaired) electrons. The molecule has 0 spiro atoms. The molecule has 2 rings (SSSR count). The molecule has 0 aliphatic heterocycles. The molecular formula is C25H37BrN2O4Si. The number of Topliss-reactive ketones (excluding diaryl/α,β-unsaturated/α-hetero) is 1. The highest BCUT2D eigenvalue weighted by Gasteiger charge is 2.46. The number of ketones is 1. The van der Waals surface area contributed by atoms with Crippen molar-refractivity contribution in [3.05, 3.63) is 33.8 Å². The van der Waals surface area contributed by atoms with Crippen LogP contribution in [0.3, 0.4) is 0 Å². The lowest BCUT2D eigenvalue weighted by molar-refractivity contribution is 0.0121. The molecule has 33 heavy (non-hydrogen) atoms. The SMILES string of the molecule is C[C@@H](CC1CCC(O[Si](C)(C)C)(C(=O)c2ccc(C#N)cc2Br)CC1)NC(=O)OC(C)(C)C. The van der Waals surface area contributed by atoms with Gasteiger partial charge in [-0.25, -0.2) is 4.79 Å². The van der Waals surface area contributed by atoms with E-state index >= 15 is 0 Å². The highest BCUT2D eigenvalue weighted by atomic mass is 79.9. The first-order valence-corrected chi connectivity index (χ1v) is 15.8. The van der Waals surface area contributed by atoms with Gasteiger partial charge in [-0.3, -0.25) is 4.79 Å². The van der Waals surface area contributed by atoms with E-state index in [1.165, 1.54) is 0 Å². The fraction of sp³-hybridized carbons (Fsp3) is 0.640. The normalized spacial score (nSPS) is 22.2. The van der Waals surface area contributed by atoms with E-state index in [1.807, 2.05) is 27.7 Å². The van der Waals surface area contributed by atoms with Crippen LogP contribution in [0, 0.1) is 17.2 Å². The molecule has 1 aliphatic carbocycles. The summed E-state index contributed by atoms with van der Waals surface area (Å²) < 4.78 is 12.6. The molecule has 8 heteroatoms. The Labute approximate surface area is 207 Å². The number of alkyl carbamates (subject to hydrolysis) is 1. The molecule has 1 N–H and O–H groups in total. The summed E-state index contributed by atoms with van der Waals surface area (Å²) in [5, 5.41) is 12.1. The molecule has 0 bridgehead atoms. The van der Waals surface area contributed by atoms with Gasteiger partial charge in [-0.1, -0.05) is 0 Å². The highest BCUT2D eigenvalue weighted by molar-refractivity contribution is 9.10. The van der Waals surface area contributed by atoms with Crippen LogP contribution >= 0.6 is 15.9 Å². The maximum atomic E-state index is 13.7. The molecule has 1 aromatic carbocycles. The van der Waals surface area contributed by atoms with E-state index in [-0.39, 0.29) is 11.8 Å². The lowest BCUT2D eigenvalue weighted by atomic mass is 9.73. The van der Waals surface area contributed by atoms with Crippen molar-refractivity contribution in [2.24, 2.45) is 5.92 Å². The Morgan fingerprint density at radius 2 is 1.88 bits per heavy atom. The van der Waals surface area contributed by atoms with Crippen LogP contribution in [0.1, 0.15) is 75.7 Å². The fourth-order valence-electron chi connectivity index (χ4n) is 4.42. The van der Waals surface area contributed by atoms with Crippen molar-refractivity contribution in [1.29, 1.82) is 5.26 Å². The number of ether oxygens (including phenoxy) is 1. The van der Waals surface area contributed by atoms with Gasteiger partial charge < -0.3 is 14.5 Å². The summed E-state index contributed by atoms with van der Waals surface area (Å²) in [5.41, 5.74) is -0.304. The van der Waals surface area contributed by atoms with E-state index < -0.39 is 25.6 Å². The van der Waals surface area contributed by atoms with E-state index in [1.54, 1.807) is 18.2 Å². The molecule has 0 aromatic heterocycles. The van der Waals surface area contributed by atoms with Crippen molar-refractivity contribution in [1.82, 2.24) is 5.32 Å². The Balaban J connectivity index is 2.11. The highest BCUT2D eigenvalue weighted by Crippen LogP contribution is 2.41. The van der Waals surface area contributed by atoms with Gasteiger partial charge in [0.1, 0.15) is 11.2 Å². The number of nitriles is 1. The van der Waals surface area contributed by atoms with Crippen LogP contribution in [0.5, 0.6) is 0 Å². The number of benzene rings is 1. The summed E-state index contributed by atoms with van der Waals surface area (Å²) in [6.07, 6.45) is 3.42. The second kappa shape index (κ2) is 10.7. The molecule has 1 saturated carbocycles. The number of rotatable bonds is 7. The van der Waals surface area contributed by atoms with E-state index in [4.69, 9.17) is 14.4 Å². The predicted molar refractivity (Wildman–Crippen MR) is 136 cm³/mol. The summed E-state index contributed by atoms with van der Waals surface area (Å²) in [6, 6.07) is 7.17. The molecule has 1 amide bonds. The first-order valence-electron chi connectivity index (χ1n) is 11.6. The third kappa shape index (κ3) is 8.23. The molecule has 0 saturated heterocycles. The zero-order valence-corrected chi connectivity index (χ0v) is 23.5. The Morgan fingerprint density at radius 1 is 1.27 bits per heavy atom. The number of carbonyl (C=O) groups excluding carboxylic acids is 2. The zero-order chi connectivity index (χ0) is 25.0. The minimum absolute atomic E-state index is 0.0142. The average Bonchev–Trinajstić information content (AvgIpc) is 2.66. The van der Waals surface area contributed by atoms with E-state index in [2.05, 4.69) is 47.0 Å². The maximum absolute atomic E-state index is 13.7. The molecular weight excluding hydrogens is 500 g/mol. The molecule has 1 aromatic rings. The summed E-state index contributed by atoms with van der Waals surface area (Å²) in [6.45, 7) is 13.8. The van der Waals surface area contributed by atoms with Crippen LogP contribution in [0.25, 0.3) is 0 Å². The topological polar surface area (TPSA) is 88.4 Å². The van der Waals surface area contributed by atoms with Crippen molar-refractivity contribution >= 4 is 36.1 Å². The standard InChI is InChI=1S/C25H37BrN2O4Si/c1-17(28-23(30)31-24(2,3)4)14-18-10-12-25(13-11-18,32-33(5,6)7)22(29)20-9-8-19(16-27)15-21(20)26/h8-9,15,17-18H,10-14H2,1-7H3,(H,28,30)/t17-,18?,25?/m0/s1. The Bertz CT molecular complexity index is 906. The van der Waals surface area contributed by atoms with Crippen molar-refractivity contribution in [2.45, 2.75) is 96.7 Å². The molecule has 1 fully saturated rings. The van der Waals surface area contributed by atoms with Crippen molar-refractivity contribution in [3.63, 3.8) is 0 Å². The summed E-state index contributed by atoms with van der Waals surface area (Å²) in [4.78, 5) is 25.8. The number of nitrogens with one attached hydrogen (secondary N) is 1. The van der Waals surface area contributed by atoms with Gasteiger partial charge in [0.15, 0.2) is 14.1 Å². The summed E-state index contributed by atoms with van der Waals surface area (Å²) >= 11 is 3.48. The predicted octanol–water partition coefficient (Wildman–Crippen LogP) is 6.59. The summed E-state index contributed by atoms with van der Waals surface area (Å²) in [7, 11) is -2.01. The molecule has 1 aliphatic rings. The lowest BCUT2D eigenvalue weighted by Gasteiger charge is -2.43. The van der Waals surface area contributed by atoms with E-state index in [0.29, 0.717) is 34.4 Å². The maximum Gasteiger partial charge on any atom is 0.407 e. The average molecular weight is 538 g/mol. The lowest BCUT2D eigenvalue weighted by Crippen LogP contribution is -2.51. The monoisotopic (exact) mass is 536 g/mol. The van der Waals surface area contributed by atoms with Crippen LogP contribution in [0.4, 0.5) is 4.79 Å². The van der Waals surface area contributed by atoms with Gasteiger partial charge in [0.2, 0.25) is 0 Å². The van der Waals surface area contributed by atoms with Crippen molar-refractivity contribution < 1.29 is 18.8 Å². The second-order valence-corrected chi connectivity index (χ2v) is 16.4. The number of nitrogens with zero attached hydrogens (tertiary/aromatic N) is 1. The number of hydrogen-bond acceptors (Lipinski definition) is 5. The van der Waals surface area contributed by atoms with Gasteiger partial charge in [-0.05, 0) is 119 Å². The van der Waals surface area contributed by atoms with E-state index in [0.717, 1.165) is 19.3 Å². The third-order valence-corrected chi connectivity index (χ3v) is 7.28. The molecule has 0 heterocycles. The van der Waals surface area contributed by atoms with Crippen LogP contribution in [0.15, 0.2) is 22.7 Å². The number of halogens is 1. The zero-order valence-electron chi connectivity index (χ0n) is 20.9. The molecule has 6 nitrogen and oxygen atoms in total. The Hall–Kier alpha value is -1.69. The first kappa shape index (κ1) is 27.6. The van der Waals surface area contributed by atoms with Crippen LogP contribution in [-0.4, -0.2) is 37.4 Å². The fourth-order valence-corrected chi connectivity index (χ4v) is 6.45. The number of amides is 1. The minimum atomic E-state index is -2.01. The van der Waals surface area contributed by atoms with Gasteiger partial charge in [-0.2, -0.15) is 5.26 Å². The van der Waals surface area contributed by atoms with Crippen LogP contribution < -0.4 is 5.32 Å². The van der Waals surface area contributed by atoms with Gasteiger partial charge >= 0.3 is 6.09 Å². The molecule has 1 atom stereocenters. The van der Waals surface area contributed by atoms with Crippen molar-refractivity contribution in [3.8, 4) is 6.07 Å². The van der Waals surface area contributed by atoms with Crippen LogP contribution in [-0.2, 0) is 9.16 Å². The molecule has 182 valence electrons. The van der Waals surface area contributed by atoms with Crippen LogP contribution in [0.2, 0.25) is 19.6 Å². The van der Waals surface area contributed by atoms with Gasteiger partial charge in [0.05, 0.1) is 11.6 Å². The van der Waals surface area contributed by atoms with Crippen molar-refractivity contribution in [2.75, 3.05) is 0 Å². The van der Waals surface area contributed by atoms with Gasteiger partial charge in [0, 0.05) is 16.1 Å². The minimum Gasteiger partial charge on any atom is -0.444 e. The molecule has 0 unspecified atom stereocenters. The summed E-state index contributed by atoms with van der Waals surface area (Å²) in [5.74, 6) is 0.380.